The number of pyridine rings is 1. The summed E-state index contributed by atoms with van der Waals surface area (Å²) in [6, 6.07) is 18.7. The third-order valence-electron chi connectivity index (χ3n) is 5.22. The molecular weight excluding hydrogens is 447 g/mol. The number of hydrogen-bond acceptors (Lipinski definition) is 4. The third-order valence-corrected chi connectivity index (χ3v) is 5.70. The number of nitrogens with zero attached hydrogens (tertiary/aromatic N) is 2. The van der Waals surface area contributed by atoms with Crippen molar-refractivity contribution in [2.45, 2.75) is 31.8 Å². The smallest absolute Gasteiger partial charge is 0.223 e. The summed E-state index contributed by atoms with van der Waals surface area (Å²) in [5.74, 6) is 1.56. The number of benzene rings is 2. The number of likely N-dealkylation sites (tertiary alicyclic amines) is 1. The van der Waals surface area contributed by atoms with Crippen LogP contribution >= 0.6 is 23.2 Å². The lowest BCUT2D eigenvalue weighted by molar-refractivity contribution is -0.137. The summed E-state index contributed by atoms with van der Waals surface area (Å²) in [6.45, 7) is 0.473. The van der Waals surface area contributed by atoms with Gasteiger partial charge in [0.05, 0.1) is 31.0 Å². The predicted molar refractivity (Wildman–Crippen MR) is 127 cm³/mol. The number of rotatable bonds is 5. The molecule has 0 aliphatic carbocycles. The number of halogens is 2. The molecule has 2 heterocycles. The van der Waals surface area contributed by atoms with Gasteiger partial charge in [0.25, 0.3) is 0 Å². The van der Waals surface area contributed by atoms with E-state index in [1.165, 1.54) is 0 Å². The maximum atomic E-state index is 12.6. The first kappa shape index (κ1) is 23.9. The van der Waals surface area contributed by atoms with Crippen LogP contribution in [0.25, 0.3) is 0 Å². The minimum absolute atomic E-state index is 0.0506. The van der Waals surface area contributed by atoms with Gasteiger partial charge in [-0.15, -0.1) is 0 Å². The quantitative estimate of drug-likeness (QED) is 0.434. The van der Waals surface area contributed by atoms with Crippen LogP contribution in [-0.4, -0.2) is 30.0 Å². The molecule has 1 amide bonds. The molecule has 0 radical (unpaired) electrons. The summed E-state index contributed by atoms with van der Waals surface area (Å²) in [7, 11) is 3.24. The fourth-order valence-corrected chi connectivity index (χ4v) is 3.85. The van der Waals surface area contributed by atoms with Gasteiger partial charge in [-0.2, -0.15) is 0 Å². The van der Waals surface area contributed by atoms with Gasteiger partial charge in [0.15, 0.2) is 0 Å². The molecule has 1 aromatic heterocycles. The molecule has 1 saturated heterocycles. The molecule has 5 nitrogen and oxygen atoms in total. The standard InChI is InChI=1S/C19H21ClN2O3.C6H5Cl/c1-24-15-8-6-13(18(10-15)25-2)12-22-17(4-3-5-19(22)23)16-9-7-14(20)11-21-16;7-6-4-2-1-3-5-6/h6-11,17H,3-5,12H2,1-2H3;1-5H. The fourth-order valence-electron chi connectivity index (χ4n) is 3.59. The van der Waals surface area contributed by atoms with Gasteiger partial charge >= 0.3 is 0 Å². The van der Waals surface area contributed by atoms with E-state index >= 15 is 0 Å². The van der Waals surface area contributed by atoms with E-state index in [2.05, 4.69) is 4.98 Å². The van der Waals surface area contributed by atoms with Gasteiger partial charge in [-0.25, -0.2) is 0 Å². The number of carbonyl (C=O) groups excluding carboxylic acids is 1. The molecular formula is C25H26Cl2N2O3. The average molecular weight is 473 g/mol. The van der Waals surface area contributed by atoms with Gasteiger partial charge in [0.1, 0.15) is 11.5 Å². The maximum Gasteiger partial charge on any atom is 0.223 e. The van der Waals surface area contributed by atoms with E-state index in [-0.39, 0.29) is 11.9 Å². The van der Waals surface area contributed by atoms with E-state index in [9.17, 15) is 4.79 Å². The number of aromatic nitrogens is 1. The second-order valence-corrected chi connectivity index (χ2v) is 8.18. The lowest BCUT2D eigenvalue weighted by atomic mass is 9.97. The zero-order valence-corrected chi connectivity index (χ0v) is 19.6. The van der Waals surface area contributed by atoms with Crippen LogP contribution < -0.4 is 9.47 Å². The van der Waals surface area contributed by atoms with Crippen molar-refractivity contribution in [2.24, 2.45) is 0 Å². The monoisotopic (exact) mass is 472 g/mol. The van der Waals surface area contributed by atoms with E-state index in [4.69, 9.17) is 32.7 Å². The molecule has 0 saturated carbocycles. The Hall–Kier alpha value is -2.76. The molecule has 1 unspecified atom stereocenters. The van der Waals surface area contributed by atoms with Crippen molar-refractivity contribution in [3.63, 3.8) is 0 Å². The van der Waals surface area contributed by atoms with Crippen LogP contribution in [0.4, 0.5) is 0 Å². The van der Waals surface area contributed by atoms with Crippen molar-refractivity contribution in [1.82, 2.24) is 9.88 Å². The maximum absolute atomic E-state index is 12.6. The molecule has 1 fully saturated rings. The molecule has 7 heteroatoms. The number of methoxy groups -OCH3 is 2. The van der Waals surface area contributed by atoms with Crippen LogP contribution in [0.1, 0.15) is 36.6 Å². The summed E-state index contributed by atoms with van der Waals surface area (Å²) < 4.78 is 10.7. The van der Waals surface area contributed by atoms with Gasteiger partial charge in [0.2, 0.25) is 5.91 Å². The second-order valence-electron chi connectivity index (χ2n) is 7.30. The van der Waals surface area contributed by atoms with Crippen molar-refractivity contribution in [3.05, 3.63) is 88.2 Å². The Morgan fingerprint density at radius 1 is 1.00 bits per heavy atom. The van der Waals surface area contributed by atoms with Gasteiger partial charge < -0.3 is 14.4 Å². The van der Waals surface area contributed by atoms with Crippen molar-refractivity contribution in [1.29, 1.82) is 0 Å². The minimum atomic E-state index is -0.0506. The van der Waals surface area contributed by atoms with Crippen LogP contribution in [0.5, 0.6) is 11.5 Å². The van der Waals surface area contributed by atoms with Gasteiger partial charge in [-0.05, 0) is 49.2 Å². The SMILES string of the molecule is COc1ccc(CN2C(=O)CCCC2c2ccc(Cl)cn2)c(OC)c1.Clc1ccccc1. The molecule has 0 N–H and O–H groups in total. The summed E-state index contributed by atoms with van der Waals surface area (Å²) in [5.41, 5.74) is 1.81. The van der Waals surface area contributed by atoms with Crippen molar-refractivity contribution in [2.75, 3.05) is 14.2 Å². The highest BCUT2D eigenvalue weighted by Gasteiger charge is 2.30. The highest BCUT2D eigenvalue weighted by molar-refractivity contribution is 6.30. The first-order chi connectivity index (χ1) is 15.5. The van der Waals surface area contributed by atoms with E-state index in [0.29, 0.717) is 23.7 Å². The highest BCUT2D eigenvalue weighted by atomic mass is 35.5. The first-order valence-electron chi connectivity index (χ1n) is 10.3. The van der Waals surface area contributed by atoms with Gasteiger partial charge in [-0.1, -0.05) is 41.4 Å². The fraction of sp³-hybridized carbons (Fsp3) is 0.280. The van der Waals surface area contributed by atoms with Crippen LogP contribution in [0.2, 0.25) is 10.0 Å². The van der Waals surface area contributed by atoms with E-state index in [0.717, 1.165) is 34.9 Å². The number of piperidine rings is 1. The van der Waals surface area contributed by atoms with Crippen LogP contribution in [0.15, 0.2) is 66.9 Å². The number of ether oxygens (including phenoxy) is 2. The second kappa shape index (κ2) is 11.7. The summed E-state index contributed by atoms with van der Waals surface area (Å²) in [4.78, 5) is 18.9. The Kier molecular flexibility index (Phi) is 8.77. The molecule has 3 aromatic rings. The summed E-state index contributed by atoms with van der Waals surface area (Å²) >= 11 is 11.5. The molecule has 1 atom stereocenters. The van der Waals surface area contributed by atoms with Crippen molar-refractivity contribution >= 4 is 29.1 Å². The Labute approximate surface area is 198 Å². The van der Waals surface area contributed by atoms with E-state index in [1.807, 2.05) is 65.6 Å². The van der Waals surface area contributed by atoms with E-state index in [1.54, 1.807) is 20.4 Å². The van der Waals surface area contributed by atoms with Crippen molar-refractivity contribution < 1.29 is 14.3 Å². The lowest BCUT2D eigenvalue weighted by Gasteiger charge is -2.35. The molecule has 0 spiro atoms. The van der Waals surface area contributed by atoms with Gasteiger partial charge in [0, 0.05) is 35.8 Å². The van der Waals surface area contributed by atoms with Crippen molar-refractivity contribution in [3.8, 4) is 11.5 Å². The molecule has 168 valence electrons. The molecule has 1 aliphatic heterocycles. The predicted octanol–water partition coefficient (Wildman–Crippen LogP) is 6.35. The first-order valence-corrected chi connectivity index (χ1v) is 11.1. The molecule has 4 rings (SSSR count). The molecule has 1 aliphatic rings. The lowest BCUT2D eigenvalue weighted by Crippen LogP contribution is -2.38. The topological polar surface area (TPSA) is 51.7 Å². The zero-order valence-electron chi connectivity index (χ0n) is 18.1. The number of amides is 1. The van der Waals surface area contributed by atoms with Crippen LogP contribution in [0, 0.1) is 0 Å². The Morgan fingerprint density at radius 2 is 1.78 bits per heavy atom. The average Bonchev–Trinajstić information content (AvgIpc) is 2.82. The Balaban J connectivity index is 0.000000352. The zero-order chi connectivity index (χ0) is 22.9. The van der Waals surface area contributed by atoms with E-state index < -0.39 is 0 Å². The Morgan fingerprint density at radius 3 is 2.38 bits per heavy atom. The largest absolute Gasteiger partial charge is 0.497 e. The number of hydrogen-bond donors (Lipinski definition) is 0. The third kappa shape index (κ3) is 6.38. The molecule has 2 aromatic carbocycles. The normalized spacial score (nSPS) is 15.6. The molecule has 32 heavy (non-hydrogen) atoms. The Bertz CT molecular complexity index is 1010. The number of carbonyl (C=O) groups is 1. The van der Waals surface area contributed by atoms with Crippen LogP contribution in [-0.2, 0) is 11.3 Å². The summed E-state index contributed by atoms with van der Waals surface area (Å²) in [5, 5.41) is 1.39. The van der Waals surface area contributed by atoms with Gasteiger partial charge in [-0.3, -0.25) is 9.78 Å². The molecule has 0 bridgehead atoms. The minimum Gasteiger partial charge on any atom is -0.497 e. The summed E-state index contributed by atoms with van der Waals surface area (Å²) in [6.07, 6.45) is 3.94. The van der Waals surface area contributed by atoms with Crippen LogP contribution in [0.3, 0.4) is 0 Å². The highest BCUT2D eigenvalue weighted by Crippen LogP contribution is 2.34.